The van der Waals surface area contributed by atoms with Crippen molar-refractivity contribution < 1.29 is 9.47 Å². The van der Waals surface area contributed by atoms with E-state index >= 15 is 0 Å². The fourth-order valence-electron chi connectivity index (χ4n) is 1.77. The van der Waals surface area contributed by atoms with Gasteiger partial charge in [0.2, 0.25) is 0 Å². The van der Waals surface area contributed by atoms with Crippen LogP contribution in [0.5, 0.6) is 11.5 Å². The van der Waals surface area contributed by atoms with E-state index in [0.717, 1.165) is 28.6 Å². The highest BCUT2D eigenvalue weighted by molar-refractivity contribution is 9.10. The molecule has 1 aromatic rings. The number of benzene rings is 1. The summed E-state index contributed by atoms with van der Waals surface area (Å²) < 4.78 is 12.2. The normalized spacial score (nSPS) is 11.4. The maximum Gasteiger partial charge on any atom is 0.176 e. The first kappa shape index (κ1) is 16.9. The molecule has 0 heterocycles. The second-order valence-corrected chi connectivity index (χ2v) is 5.28. The van der Waals surface area contributed by atoms with Gasteiger partial charge in [-0.1, -0.05) is 12.8 Å². The predicted molar refractivity (Wildman–Crippen MR) is 86.2 cm³/mol. The molecule has 0 amide bonds. The molecule has 0 bridgehead atoms. The molecule has 0 spiro atoms. The molecular formula is C16H22BrNO2. The maximum absolute atomic E-state index is 6.01. The van der Waals surface area contributed by atoms with Crippen LogP contribution < -0.4 is 15.2 Å². The van der Waals surface area contributed by atoms with Crippen LogP contribution in [0.25, 0.3) is 0 Å². The summed E-state index contributed by atoms with van der Waals surface area (Å²) in [6.07, 6.45) is 1.77. The van der Waals surface area contributed by atoms with E-state index in [9.17, 15) is 0 Å². The summed E-state index contributed by atoms with van der Waals surface area (Å²) >= 11 is 3.54. The monoisotopic (exact) mass is 339 g/mol. The number of nitrogens with two attached hydrogens (primary N) is 1. The van der Waals surface area contributed by atoms with Crippen LogP contribution in [0.4, 0.5) is 0 Å². The summed E-state index contributed by atoms with van der Waals surface area (Å²) in [4.78, 5) is 0. The van der Waals surface area contributed by atoms with Crippen LogP contribution in [-0.4, -0.2) is 19.3 Å². The molecule has 1 atom stereocenters. The fourth-order valence-corrected chi connectivity index (χ4v) is 2.37. The van der Waals surface area contributed by atoms with Gasteiger partial charge in [0.05, 0.1) is 11.1 Å². The Hall–Kier alpha value is -1.18. The predicted octanol–water partition coefficient (Wildman–Crippen LogP) is 3.53. The number of halogens is 1. The highest BCUT2D eigenvalue weighted by atomic mass is 79.9. The van der Waals surface area contributed by atoms with Gasteiger partial charge in [0, 0.05) is 6.04 Å². The minimum Gasteiger partial charge on any atom is -0.490 e. The number of hydrogen-bond acceptors (Lipinski definition) is 3. The van der Waals surface area contributed by atoms with Crippen molar-refractivity contribution >= 4 is 15.9 Å². The Balaban J connectivity index is 3.00. The van der Waals surface area contributed by atoms with E-state index < -0.39 is 0 Å². The van der Waals surface area contributed by atoms with Gasteiger partial charge in [-0.3, -0.25) is 0 Å². The van der Waals surface area contributed by atoms with Crippen LogP contribution >= 0.6 is 15.9 Å². The van der Waals surface area contributed by atoms with Crippen molar-refractivity contribution in [1.29, 1.82) is 0 Å². The van der Waals surface area contributed by atoms with Gasteiger partial charge in [-0.25, -0.2) is 0 Å². The zero-order valence-corrected chi connectivity index (χ0v) is 13.9. The van der Waals surface area contributed by atoms with E-state index in [4.69, 9.17) is 15.2 Å². The van der Waals surface area contributed by atoms with Crippen LogP contribution in [0, 0.1) is 11.8 Å². The maximum atomic E-state index is 6.01. The van der Waals surface area contributed by atoms with Gasteiger partial charge in [-0.15, -0.1) is 5.92 Å². The Morgan fingerprint density at radius 2 is 2.05 bits per heavy atom. The Morgan fingerprint density at radius 3 is 2.65 bits per heavy atom. The lowest BCUT2D eigenvalue weighted by Crippen LogP contribution is -2.21. The molecule has 110 valence electrons. The molecular weight excluding hydrogens is 318 g/mol. The van der Waals surface area contributed by atoms with Gasteiger partial charge >= 0.3 is 0 Å². The first-order valence-electron chi connectivity index (χ1n) is 6.85. The number of ether oxygens (including phenoxy) is 2. The zero-order valence-electron chi connectivity index (χ0n) is 12.3. The molecule has 0 aliphatic heterocycles. The molecule has 0 fully saturated rings. The molecule has 1 unspecified atom stereocenters. The molecule has 0 radical (unpaired) electrons. The highest BCUT2D eigenvalue weighted by Gasteiger charge is 2.13. The van der Waals surface area contributed by atoms with Gasteiger partial charge < -0.3 is 15.2 Å². The molecule has 1 aromatic carbocycles. The minimum absolute atomic E-state index is 0.161. The standard InChI is InChI=1S/C16H22BrNO2/c1-4-7-8-20-16-14(17)10-12(9-13(18)5-2)11-15(16)19-6-3/h10-11,13H,5-6,8-9,18H2,1-3H3. The quantitative estimate of drug-likeness (QED) is 0.773. The third kappa shape index (κ3) is 5.07. The molecule has 0 saturated heterocycles. The van der Waals surface area contributed by atoms with Crippen molar-refractivity contribution in [3.8, 4) is 23.3 Å². The van der Waals surface area contributed by atoms with E-state index in [2.05, 4.69) is 34.7 Å². The van der Waals surface area contributed by atoms with E-state index in [1.165, 1.54) is 0 Å². The van der Waals surface area contributed by atoms with Crippen molar-refractivity contribution in [2.75, 3.05) is 13.2 Å². The van der Waals surface area contributed by atoms with Crippen molar-refractivity contribution in [1.82, 2.24) is 0 Å². The molecule has 4 heteroatoms. The van der Waals surface area contributed by atoms with E-state index in [-0.39, 0.29) is 6.04 Å². The van der Waals surface area contributed by atoms with Crippen LogP contribution in [0.3, 0.4) is 0 Å². The molecule has 0 aromatic heterocycles. The van der Waals surface area contributed by atoms with Crippen molar-refractivity contribution in [3.63, 3.8) is 0 Å². The van der Waals surface area contributed by atoms with Crippen LogP contribution in [-0.2, 0) is 6.42 Å². The molecule has 20 heavy (non-hydrogen) atoms. The van der Waals surface area contributed by atoms with Gasteiger partial charge in [0.25, 0.3) is 0 Å². The highest BCUT2D eigenvalue weighted by Crippen LogP contribution is 2.37. The molecule has 3 nitrogen and oxygen atoms in total. The lowest BCUT2D eigenvalue weighted by Gasteiger charge is -2.15. The summed E-state index contributed by atoms with van der Waals surface area (Å²) in [5, 5.41) is 0. The number of rotatable bonds is 7. The summed E-state index contributed by atoms with van der Waals surface area (Å²) in [7, 11) is 0. The summed E-state index contributed by atoms with van der Waals surface area (Å²) in [5.41, 5.74) is 7.15. The number of hydrogen-bond donors (Lipinski definition) is 1. The van der Waals surface area contributed by atoms with E-state index in [1.54, 1.807) is 6.92 Å². The fraction of sp³-hybridized carbons (Fsp3) is 0.500. The Morgan fingerprint density at radius 1 is 1.30 bits per heavy atom. The third-order valence-electron chi connectivity index (χ3n) is 2.86. The first-order chi connectivity index (χ1) is 9.62. The Bertz CT molecular complexity index is 491. The molecule has 2 N–H and O–H groups in total. The lowest BCUT2D eigenvalue weighted by atomic mass is 10.0. The van der Waals surface area contributed by atoms with Crippen LogP contribution in [0.2, 0.25) is 0 Å². The van der Waals surface area contributed by atoms with Crippen molar-refractivity contribution in [3.05, 3.63) is 22.2 Å². The lowest BCUT2D eigenvalue weighted by molar-refractivity contribution is 0.297. The third-order valence-corrected chi connectivity index (χ3v) is 3.45. The second-order valence-electron chi connectivity index (χ2n) is 4.43. The first-order valence-corrected chi connectivity index (χ1v) is 7.64. The van der Waals surface area contributed by atoms with Gasteiger partial charge in [0.15, 0.2) is 11.5 Å². The minimum atomic E-state index is 0.161. The topological polar surface area (TPSA) is 44.5 Å². The van der Waals surface area contributed by atoms with Gasteiger partial charge in [-0.2, -0.15) is 0 Å². The van der Waals surface area contributed by atoms with Crippen molar-refractivity contribution in [2.45, 2.75) is 39.7 Å². The average molecular weight is 340 g/mol. The SMILES string of the molecule is CC#CCOc1c(Br)cc(CC(N)CC)cc1OCC. The van der Waals surface area contributed by atoms with E-state index in [1.807, 2.05) is 19.1 Å². The largest absolute Gasteiger partial charge is 0.490 e. The zero-order chi connectivity index (χ0) is 15.0. The van der Waals surface area contributed by atoms with Gasteiger partial charge in [0.1, 0.15) is 6.61 Å². The van der Waals surface area contributed by atoms with Crippen molar-refractivity contribution in [2.24, 2.45) is 5.73 Å². The average Bonchev–Trinajstić information content (AvgIpc) is 2.42. The summed E-state index contributed by atoms with van der Waals surface area (Å²) in [6.45, 7) is 6.77. The van der Waals surface area contributed by atoms with Crippen LogP contribution in [0.1, 0.15) is 32.8 Å². The molecule has 1 rings (SSSR count). The van der Waals surface area contributed by atoms with Crippen LogP contribution in [0.15, 0.2) is 16.6 Å². The summed E-state index contributed by atoms with van der Waals surface area (Å²) in [6, 6.07) is 4.19. The Kier molecular flexibility index (Phi) is 7.50. The second kappa shape index (κ2) is 8.89. The summed E-state index contributed by atoms with van der Waals surface area (Å²) in [5.74, 6) is 7.12. The molecule has 0 saturated carbocycles. The smallest absolute Gasteiger partial charge is 0.176 e. The van der Waals surface area contributed by atoms with E-state index in [0.29, 0.717) is 19.0 Å². The Labute approximate surface area is 130 Å². The van der Waals surface area contributed by atoms with Gasteiger partial charge in [-0.05, 0) is 60.3 Å². The molecule has 0 aliphatic rings. The molecule has 0 aliphatic carbocycles.